The van der Waals surface area contributed by atoms with Crippen LogP contribution >= 0.6 is 31.9 Å². The fourth-order valence-electron chi connectivity index (χ4n) is 3.37. The van der Waals surface area contributed by atoms with Gasteiger partial charge >= 0.3 is 6.09 Å². The van der Waals surface area contributed by atoms with Crippen LogP contribution in [-0.2, 0) is 4.74 Å². The molecule has 3 aromatic carbocycles. The lowest BCUT2D eigenvalue weighted by Crippen LogP contribution is -2.40. The summed E-state index contributed by atoms with van der Waals surface area (Å²) in [6.45, 7) is 5.42. The van der Waals surface area contributed by atoms with E-state index in [1.807, 2.05) is 24.3 Å². The molecule has 35 heavy (non-hydrogen) atoms. The minimum atomic E-state index is -0.669. The zero-order chi connectivity index (χ0) is 25.6. The molecule has 0 saturated carbocycles. The lowest BCUT2D eigenvalue weighted by molar-refractivity contribution is 0.0500. The van der Waals surface area contributed by atoms with Gasteiger partial charge in [-0.15, -0.1) is 0 Å². The van der Waals surface area contributed by atoms with Gasteiger partial charge in [-0.25, -0.2) is 4.79 Å². The number of ketones is 1. The van der Waals surface area contributed by atoms with Crippen LogP contribution in [0.1, 0.15) is 58.7 Å². The summed E-state index contributed by atoms with van der Waals surface area (Å²) in [4.78, 5) is 38.7. The molecular weight excluding hydrogens is 576 g/mol. The number of carbonyl (C=O) groups excluding carboxylic acids is 3. The smallest absolute Gasteiger partial charge is 0.408 e. The SMILES string of the molecule is CC(C)(C)OC(=O)NC(CNC(=O)c1ccccc1C(=O)c1ccc(Br)cc1)c1ccccc1Br. The van der Waals surface area contributed by atoms with E-state index in [1.165, 1.54) is 0 Å². The fourth-order valence-corrected chi connectivity index (χ4v) is 4.20. The Hall–Kier alpha value is -2.97. The first-order chi connectivity index (χ1) is 16.5. The number of hydrogen-bond acceptors (Lipinski definition) is 4. The molecule has 0 spiro atoms. The van der Waals surface area contributed by atoms with Gasteiger partial charge in [0.15, 0.2) is 5.78 Å². The minimum absolute atomic E-state index is 0.0848. The topological polar surface area (TPSA) is 84.5 Å². The number of carbonyl (C=O) groups is 3. The number of hydrogen-bond donors (Lipinski definition) is 2. The maximum absolute atomic E-state index is 13.2. The molecule has 8 heteroatoms. The number of ether oxygens (including phenoxy) is 1. The number of rotatable bonds is 7. The van der Waals surface area contributed by atoms with Crippen molar-refractivity contribution in [2.45, 2.75) is 32.4 Å². The second-order valence-corrected chi connectivity index (χ2v) is 10.6. The van der Waals surface area contributed by atoms with Crippen molar-refractivity contribution in [3.63, 3.8) is 0 Å². The number of alkyl carbamates (subject to hydrolysis) is 1. The zero-order valence-electron chi connectivity index (χ0n) is 19.6. The molecule has 0 aromatic heterocycles. The second-order valence-electron chi connectivity index (χ2n) is 8.81. The quantitative estimate of drug-likeness (QED) is 0.305. The highest BCUT2D eigenvalue weighted by Crippen LogP contribution is 2.24. The van der Waals surface area contributed by atoms with Crippen LogP contribution < -0.4 is 10.6 Å². The van der Waals surface area contributed by atoms with Gasteiger partial charge in [-0.1, -0.05) is 68.3 Å². The van der Waals surface area contributed by atoms with Crippen molar-refractivity contribution in [1.29, 1.82) is 0 Å². The Labute approximate surface area is 221 Å². The molecular formula is C27H26Br2N2O4. The van der Waals surface area contributed by atoms with E-state index < -0.39 is 23.6 Å². The number of amides is 2. The third kappa shape index (κ3) is 7.50. The number of nitrogens with one attached hydrogen (secondary N) is 2. The van der Waals surface area contributed by atoms with E-state index in [0.717, 1.165) is 14.5 Å². The van der Waals surface area contributed by atoms with Crippen molar-refractivity contribution < 1.29 is 19.1 Å². The molecule has 0 saturated heterocycles. The highest BCUT2D eigenvalue weighted by Gasteiger charge is 2.24. The summed E-state index contributed by atoms with van der Waals surface area (Å²) in [7, 11) is 0. The van der Waals surface area contributed by atoms with Gasteiger partial charge in [-0.05, 0) is 62.7 Å². The van der Waals surface area contributed by atoms with Gasteiger partial charge in [0.25, 0.3) is 5.91 Å². The van der Waals surface area contributed by atoms with Gasteiger partial charge in [0, 0.05) is 26.6 Å². The van der Waals surface area contributed by atoms with E-state index in [1.54, 1.807) is 69.3 Å². The lowest BCUT2D eigenvalue weighted by atomic mass is 9.98. The highest BCUT2D eigenvalue weighted by atomic mass is 79.9. The summed E-state index contributed by atoms with van der Waals surface area (Å²) >= 11 is 6.87. The van der Waals surface area contributed by atoms with Gasteiger partial charge in [0.2, 0.25) is 0 Å². The van der Waals surface area contributed by atoms with Crippen LogP contribution in [0.15, 0.2) is 81.7 Å². The summed E-state index contributed by atoms with van der Waals surface area (Å²) < 4.78 is 7.04. The summed E-state index contributed by atoms with van der Waals surface area (Å²) in [6.07, 6.45) is -0.599. The third-order valence-electron chi connectivity index (χ3n) is 4.96. The molecule has 1 atom stereocenters. The van der Waals surface area contributed by atoms with Crippen molar-refractivity contribution in [3.8, 4) is 0 Å². The molecule has 0 radical (unpaired) electrons. The van der Waals surface area contributed by atoms with Gasteiger partial charge in [-0.3, -0.25) is 9.59 Å². The normalized spacial score (nSPS) is 11.9. The van der Waals surface area contributed by atoms with E-state index in [9.17, 15) is 14.4 Å². The third-order valence-corrected chi connectivity index (χ3v) is 6.21. The van der Waals surface area contributed by atoms with Crippen molar-refractivity contribution in [2.24, 2.45) is 0 Å². The molecule has 182 valence electrons. The molecule has 0 aliphatic rings. The minimum Gasteiger partial charge on any atom is -0.444 e. The Bertz CT molecular complexity index is 1220. The predicted octanol–water partition coefficient (Wildman–Crippen LogP) is 6.44. The van der Waals surface area contributed by atoms with Crippen LogP contribution in [0, 0.1) is 0 Å². The van der Waals surface area contributed by atoms with Gasteiger partial charge in [0.1, 0.15) is 5.60 Å². The molecule has 0 aliphatic heterocycles. The summed E-state index contributed by atoms with van der Waals surface area (Å²) in [5.41, 5.74) is 1.13. The number of benzene rings is 3. The monoisotopic (exact) mass is 600 g/mol. The molecule has 1 unspecified atom stereocenters. The van der Waals surface area contributed by atoms with Gasteiger partial charge < -0.3 is 15.4 Å². The van der Waals surface area contributed by atoms with E-state index in [2.05, 4.69) is 42.5 Å². The second kappa shape index (κ2) is 11.6. The van der Waals surface area contributed by atoms with Crippen LogP contribution in [-0.4, -0.2) is 29.9 Å². The number of halogens is 2. The Morgan fingerprint density at radius 1 is 0.857 bits per heavy atom. The average molecular weight is 602 g/mol. The molecule has 0 bridgehead atoms. The Morgan fingerprint density at radius 2 is 1.46 bits per heavy atom. The maximum Gasteiger partial charge on any atom is 0.408 e. The van der Waals surface area contributed by atoms with Gasteiger partial charge in [-0.2, -0.15) is 0 Å². The van der Waals surface area contributed by atoms with Crippen LogP contribution in [0.4, 0.5) is 4.79 Å². The molecule has 3 aromatic rings. The first-order valence-corrected chi connectivity index (χ1v) is 12.5. The molecule has 0 aliphatic carbocycles. The summed E-state index contributed by atoms with van der Waals surface area (Å²) in [6, 6.07) is 20.5. The van der Waals surface area contributed by atoms with Gasteiger partial charge in [0.05, 0.1) is 11.6 Å². The molecule has 0 heterocycles. The van der Waals surface area contributed by atoms with Crippen LogP contribution in [0.5, 0.6) is 0 Å². The van der Waals surface area contributed by atoms with E-state index in [0.29, 0.717) is 11.1 Å². The molecule has 3 rings (SSSR count). The van der Waals surface area contributed by atoms with Crippen molar-refractivity contribution in [2.75, 3.05) is 6.54 Å². The van der Waals surface area contributed by atoms with Crippen molar-refractivity contribution in [3.05, 3.63) is 104 Å². The molecule has 2 amide bonds. The predicted molar refractivity (Wildman–Crippen MR) is 143 cm³/mol. The largest absolute Gasteiger partial charge is 0.444 e. The van der Waals surface area contributed by atoms with Crippen LogP contribution in [0.2, 0.25) is 0 Å². The first kappa shape index (κ1) is 26.6. The zero-order valence-corrected chi connectivity index (χ0v) is 22.8. The Kier molecular flexibility index (Phi) is 8.86. The summed E-state index contributed by atoms with van der Waals surface area (Å²) in [5, 5.41) is 5.69. The maximum atomic E-state index is 13.2. The van der Waals surface area contributed by atoms with Crippen molar-refractivity contribution in [1.82, 2.24) is 10.6 Å². The Morgan fingerprint density at radius 3 is 2.09 bits per heavy atom. The summed E-state index contributed by atoms with van der Waals surface area (Å²) in [5.74, 6) is -0.674. The van der Waals surface area contributed by atoms with E-state index in [4.69, 9.17) is 4.74 Å². The first-order valence-electron chi connectivity index (χ1n) is 11.0. The average Bonchev–Trinajstić information content (AvgIpc) is 2.81. The van der Waals surface area contributed by atoms with E-state index >= 15 is 0 Å². The molecule has 2 N–H and O–H groups in total. The Balaban J connectivity index is 1.81. The van der Waals surface area contributed by atoms with Crippen LogP contribution in [0.25, 0.3) is 0 Å². The fraction of sp³-hybridized carbons (Fsp3) is 0.222. The van der Waals surface area contributed by atoms with Crippen LogP contribution in [0.3, 0.4) is 0 Å². The lowest BCUT2D eigenvalue weighted by Gasteiger charge is -2.25. The standard InChI is InChI=1S/C27H26Br2N2O4/c1-27(2,3)35-26(34)31-23(21-10-6-7-11-22(21)29)16-30-25(33)20-9-5-4-8-19(20)24(32)17-12-14-18(28)15-13-17/h4-15,23H,16H2,1-3H3,(H,30,33)(H,31,34). The molecule has 0 fully saturated rings. The highest BCUT2D eigenvalue weighted by molar-refractivity contribution is 9.10. The van der Waals surface area contributed by atoms with E-state index in [-0.39, 0.29) is 17.9 Å². The molecule has 6 nitrogen and oxygen atoms in total. The van der Waals surface area contributed by atoms with Crippen molar-refractivity contribution >= 4 is 49.6 Å².